The van der Waals surface area contributed by atoms with Crippen molar-refractivity contribution >= 4 is 11.6 Å². The Morgan fingerprint density at radius 3 is 2.95 bits per heavy atom. The first-order valence-corrected chi connectivity index (χ1v) is 7.85. The third kappa shape index (κ3) is 3.43. The van der Waals surface area contributed by atoms with Gasteiger partial charge in [0.25, 0.3) is 0 Å². The van der Waals surface area contributed by atoms with E-state index in [0.29, 0.717) is 0 Å². The first-order chi connectivity index (χ1) is 9.31. The Morgan fingerprint density at radius 2 is 2.11 bits per heavy atom. The molecule has 19 heavy (non-hydrogen) atoms. The van der Waals surface area contributed by atoms with Gasteiger partial charge in [-0.3, -0.25) is 0 Å². The van der Waals surface area contributed by atoms with Crippen molar-refractivity contribution in [2.75, 3.05) is 13.1 Å². The molecule has 1 aromatic rings. The Morgan fingerprint density at radius 1 is 1.26 bits per heavy atom. The second-order valence-corrected chi connectivity index (χ2v) is 6.28. The van der Waals surface area contributed by atoms with Gasteiger partial charge < -0.3 is 10.1 Å². The first kappa shape index (κ1) is 13.3. The minimum absolute atomic E-state index is 0.275. The standard InChI is InChI=1S/C16H22ClNO/c17-14-5-6-16-13(9-14)10-15(19-16)11-18-8-7-12-3-1-2-4-12/h5-6,9,12,15,18H,1-4,7-8,10-11H2. The summed E-state index contributed by atoms with van der Waals surface area (Å²) >= 11 is 6.00. The molecule has 0 aromatic heterocycles. The van der Waals surface area contributed by atoms with Gasteiger partial charge in [0.1, 0.15) is 11.9 Å². The average Bonchev–Trinajstić information content (AvgIpc) is 3.02. The third-order valence-corrected chi connectivity index (χ3v) is 4.57. The fourth-order valence-electron chi connectivity index (χ4n) is 3.27. The summed E-state index contributed by atoms with van der Waals surface area (Å²) in [6.45, 7) is 2.07. The molecule has 1 heterocycles. The smallest absolute Gasteiger partial charge is 0.123 e. The summed E-state index contributed by atoms with van der Waals surface area (Å²) in [6, 6.07) is 5.90. The molecule has 3 heteroatoms. The van der Waals surface area contributed by atoms with E-state index in [1.807, 2.05) is 18.2 Å². The minimum Gasteiger partial charge on any atom is -0.488 e. The van der Waals surface area contributed by atoms with Crippen LogP contribution in [0.3, 0.4) is 0 Å². The molecule has 104 valence electrons. The highest BCUT2D eigenvalue weighted by Crippen LogP contribution is 2.31. The fraction of sp³-hybridized carbons (Fsp3) is 0.625. The van der Waals surface area contributed by atoms with Crippen LogP contribution in [0.15, 0.2) is 18.2 Å². The number of hydrogen-bond donors (Lipinski definition) is 1. The van der Waals surface area contributed by atoms with Crippen LogP contribution in [0.4, 0.5) is 0 Å². The van der Waals surface area contributed by atoms with Crippen molar-refractivity contribution in [3.05, 3.63) is 28.8 Å². The monoisotopic (exact) mass is 279 g/mol. The van der Waals surface area contributed by atoms with Gasteiger partial charge in [-0.15, -0.1) is 0 Å². The largest absolute Gasteiger partial charge is 0.488 e. The van der Waals surface area contributed by atoms with E-state index in [9.17, 15) is 0 Å². The maximum absolute atomic E-state index is 6.00. The SMILES string of the molecule is Clc1ccc2c(c1)CC(CNCCC1CCCC1)O2. The van der Waals surface area contributed by atoms with Gasteiger partial charge in [0.05, 0.1) is 0 Å². The van der Waals surface area contributed by atoms with Crippen molar-refractivity contribution in [1.29, 1.82) is 0 Å². The molecular formula is C16H22ClNO. The van der Waals surface area contributed by atoms with Gasteiger partial charge in [-0.2, -0.15) is 0 Å². The van der Waals surface area contributed by atoms with Gasteiger partial charge in [-0.25, -0.2) is 0 Å². The molecule has 0 radical (unpaired) electrons. The summed E-state index contributed by atoms with van der Waals surface area (Å²) in [7, 11) is 0. The van der Waals surface area contributed by atoms with Gasteiger partial charge >= 0.3 is 0 Å². The maximum atomic E-state index is 6.00. The van der Waals surface area contributed by atoms with E-state index in [1.165, 1.54) is 37.7 Å². The van der Waals surface area contributed by atoms with E-state index in [1.54, 1.807) is 0 Å². The molecule has 1 unspecified atom stereocenters. The number of rotatable bonds is 5. The summed E-state index contributed by atoms with van der Waals surface area (Å²) < 4.78 is 5.91. The average molecular weight is 280 g/mol. The molecule has 1 aliphatic heterocycles. The van der Waals surface area contributed by atoms with Gasteiger partial charge in [-0.05, 0) is 42.6 Å². The molecule has 1 atom stereocenters. The van der Waals surface area contributed by atoms with E-state index >= 15 is 0 Å². The molecule has 0 amide bonds. The number of nitrogens with one attached hydrogen (secondary N) is 1. The van der Waals surface area contributed by atoms with Crippen molar-refractivity contribution in [2.24, 2.45) is 5.92 Å². The lowest BCUT2D eigenvalue weighted by atomic mass is 10.0. The van der Waals surface area contributed by atoms with Crippen LogP contribution >= 0.6 is 11.6 Å². The lowest BCUT2D eigenvalue weighted by molar-refractivity contribution is 0.226. The Bertz CT molecular complexity index is 429. The van der Waals surface area contributed by atoms with E-state index in [-0.39, 0.29) is 6.10 Å². The molecule has 0 spiro atoms. The number of halogens is 1. The molecular weight excluding hydrogens is 258 g/mol. The van der Waals surface area contributed by atoms with Crippen LogP contribution in [-0.4, -0.2) is 19.2 Å². The number of fused-ring (bicyclic) bond motifs is 1. The second-order valence-electron chi connectivity index (χ2n) is 5.84. The number of hydrogen-bond acceptors (Lipinski definition) is 2. The molecule has 1 aromatic carbocycles. The number of benzene rings is 1. The second kappa shape index (κ2) is 6.15. The van der Waals surface area contributed by atoms with Gasteiger partial charge in [-0.1, -0.05) is 37.3 Å². The van der Waals surface area contributed by atoms with Crippen molar-refractivity contribution in [2.45, 2.75) is 44.6 Å². The predicted molar refractivity (Wildman–Crippen MR) is 79.0 cm³/mol. The van der Waals surface area contributed by atoms with Crippen LogP contribution in [0.2, 0.25) is 5.02 Å². The van der Waals surface area contributed by atoms with E-state index in [0.717, 1.165) is 36.2 Å². The molecule has 2 aliphatic rings. The van der Waals surface area contributed by atoms with E-state index < -0.39 is 0 Å². The Balaban J connectivity index is 1.38. The topological polar surface area (TPSA) is 21.3 Å². The minimum atomic E-state index is 0.275. The summed E-state index contributed by atoms with van der Waals surface area (Å²) in [5.74, 6) is 1.97. The van der Waals surface area contributed by atoms with Crippen LogP contribution in [-0.2, 0) is 6.42 Å². The van der Waals surface area contributed by atoms with Crippen molar-refractivity contribution in [1.82, 2.24) is 5.32 Å². The molecule has 1 saturated carbocycles. The Kier molecular flexibility index (Phi) is 4.29. The molecule has 1 fully saturated rings. The summed E-state index contributed by atoms with van der Waals surface area (Å²) in [5, 5.41) is 4.35. The molecule has 1 aliphatic carbocycles. The molecule has 3 rings (SSSR count). The fourth-order valence-corrected chi connectivity index (χ4v) is 3.47. The maximum Gasteiger partial charge on any atom is 0.123 e. The quantitative estimate of drug-likeness (QED) is 0.828. The van der Waals surface area contributed by atoms with Crippen molar-refractivity contribution in [3.63, 3.8) is 0 Å². The normalized spacial score (nSPS) is 22.5. The summed E-state index contributed by atoms with van der Waals surface area (Å²) in [5.41, 5.74) is 1.25. The Labute approximate surface area is 120 Å². The number of ether oxygens (including phenoxy) is 1. The third-order valence-electron chi connectivity index (χ3n) is 4.34. The zero-order valence-corrected chi connectivity index (χ0v) is 12.1. The van der Waals surface area contributed by atoms with E-state index in [2.05, 4.69) is 5.32 Å². The molecule has 0 bridgehead atoms. The first-order valence-electron chi connectivity index (χ1n) is 7.47. The van der Waals surface area contributed by atoms with Crippen LogP contribution < -0.4 is 10.1 Å². The van der Waals surface area contributed by atoms with Crippen LogP contribution in [0, 0.1) is 5.92 Å². The highest BCUT2D eigenvalue weighted by atomic mass is 35.5. The Hall–Kier alpha value is -0.730. The highest BCUT2D eigenvalue weighted by Gasteiger charge is 2.22. The lowest BCUT2D eigenvalue weighted by Crippen LogP contribution is -2.31. The highest BCUT2D eigenvalue weighted by molar-refractivity contribution is 6.30. The zero-order valence-electron chi connectivity index (χ0n) is 11.3. The summed E-state index contributed by atoms with van der Waals surface area (Å²) in [6.07, 6.45) is 8.32. The van der Waals surface area contributed by atoms with Crippen LogP contribution in [0.5, 0.6) is 5.75 Å². The summed E-state index contributed by atoms with van der Waals surface area (Å²) in [4.78, 5) is 0. The lowest BCUT2D eigenvalue weighted by Gasteiger charge is -2.13. The van der Waals surface area contributed by atoms with Crippen molar-refractivity contribution in [3.8, 4) is 5.75 Å². The molecule has 0 saturated heterocycles. The van der Waals surface area contributed by atoms with Crippen molar-refractivity contribution < 1.29 is 4.74 Å². The zero-order chi connectivity index (χ0) is 13.1. The van der Waals surface area contributed by atoms with Gasteiger partial charge in [0.2, 0.25) is 0 Å². The van der Waals surface area contributed by atoms with Gasteiger partial charge in [0.15, 0.2) is 0 Å². The molecule has 1 N–H and O–H groups in total. The predicted octanol–water partition coefficient (Wildman–Crippen LogP) is 3.81. The van der Waals surface area contributed by atoms with Crippen LogP contribution in [0.25, 0.3) is 0 Å². The van der Waals surface area contributed by atoms with Gasteiger partial charge in [0, 0.05) is 18.0 Å². The van der Waals surface area contributed by atoms with Crippen LogP contribution in [0.1, 0.15) is 37.7 Å². The molecule has 2 nitrogen and oxygen atoms in total. The van der Waals surface area contributed by atoms with E-state index in [4.69, 9.17) is 16.3 Å².